The normalized spacial score (nSPS) is 16.6. The van der Waals surface area contributed by atoms with Gasteiger partial charge in [0.05, 0.1) is 0 Å². The summed E-state index contributed by atoms with van der Waals surface area (Å²) < 4.78 is 0. The van der Waals surface area contributed by atoms with Crippen LogP contribution in [0.1, 0.15) is 11.1 Å². The summed E-state index contributed by atoms with van der Waals surface area (Å²) in [7, 11) is 0. The Balaban J connectivity index is 1.76. The van der Waals surface area contributed by atoms with Crippen molar-refractivity contribution in [3.8, 4) is 0 Å². The average Bonchev–Trinajstić information content (AvgIpc) is 2.12. The summed E-state index contributed by atoms with van der Waals surface area (Å²) in [5.74, 6) is 0.846. The first kappa shape index (κ1) is 9.69. The van der Waals surface area contributed by atoms with Crippen molar-refractivity contribution in [1.82, 2.24) is 10.6 Å². The molecule has 2 N–H and O–H groups in total. The molecule has 0 atom stereocenters. The molecular formula is C12H18N2. The van der Waals surface area contributed by atoms with Crippen LogP contribution in [0.5, 0.6) is 0 Å². The van der Waals surface area contributed by atoms with E-state index in [1.807, 2.05) is 0 Å². The Morgan fingerprint density at radius 2 is 2.14 bits per heavy atom. The molecule has 0 aliphatic carbocycles. The zero-order valence-corrected chi connectivity index (χ0v) is 8.72. The van der Waals surface area contributed by atoms with Crippen molar-refractivity contribution in [2.24, 2.45) is 5.92 Å². The highest BCUT2D eigenvalue weighted by Gasteiger charge is 2.15. The van der Waals surface area contributed by atoms with E-state index in [0.29, 0.717) is 0 Å². The first-order valence-electron chi connectivity index (χ1n) is 5.32. The largest absolute Gasteiger partial charge is 0.316 e. The maximum Gasteiger partial charge on any atom is 0.0208 e. The Bertz CT molecular complexity index is 292. The quantitative estimate of drug-likeness (QED) is 0.748. The average molecular weight is 190 g/mol. The molecule has 1 heterocycles. The van der Waals surface area contributed by atoms with Crippen LogP contribution in [0.15, 0.2) is 24.3 Å². The zero-order valence-electron chi connectivity index (χ0n) is 8.72. The lowest BCUT2D eigenvalue weighted by Gasteiger charge is -2.27. The van der Waals surface area contributed by atoms with Crippen molar-refractivity contribution in [3.63, 3.8) is 0 Å². The molecule has 1 aliphatic rings. The fourth-order valence-electron chi connectivity index (χ4n) is 1.71. The summed E-state index contributed by atoms with van der Waals surface area (Å²) in [4.78, 5) is 0. The van der Waals surface area contributed by atoms with Gasteiger partial charge in [0.1, 0.15) is 0 Å². The number of nitrogens with one attached hydrogen (secondary N) is 2. The first-order valence-corrected chi connectivity index (χ1v) is 5.32. The Morgan fingerprint density at radius 1 is 1.36 bits per heavy atom. The van der Waals surface area contributed by atoms with Gasteiger partial charge in [0, 0.05) is 26.2 Å². The van der Waals surface area contributed by atoms with E-state index in [9.17, 15) is 0 Å². The van der Waals surface area contributed by atoms with Crippen molar-refractivity contribution >= 4 is 0 Å². The van der Waals surface area contributed by atoms with E-state index in [2.05, 4.69) is 41.8 Å². The summed E-state index contributed by atoms with van der Waals surface area (Å²) in [5, 5.41) is 6.79. The summed E-state index contributed by atoms with van der Waals surface area (Å²) >= 11 is 0. The molecular weight excluding hydrogens is 172 g/mol. The van der Waals surface area contributed by atoms with Gasteiger partial charge < -0.3 is 10.6 Å². The minimum atomic E-state index is 0.846. The molecule has 0 aromatic heterocycles. The third-order valence-corrected chi connectivity index (χ3v) is 2.88. The van der Waals surface area contributed by atoms with E-state index >= 15 is 0 Å². The van der Waals surface area contributed by atoms with Crippen molar-refractivity contribution < 1.29 is 0 Å². The number of rotatable bonds is 4. The van der Waals surface area contributed by atoms with E-state index in [1.54, 1.807) is 0 Å². The van der Waals surface area contributed by atoms with Gasteiger partial charge in [-0.3, -0.25) is 0 Å². The van der Waals surface area contributed by atoms with Crippen LogP contribution in [0.25, 0.3) is 0 Å². The lowest BCUT2D eigenvalue weighted by molar-refractivity contribution is 0.331. The second-order valence-electron chi connectivity index (χ2n) is 4.08. The Kier molecular flexibility index (Phi) is 3.17. The lowest BCUT2D eigenvalue weighted by Crippen LogP contribution is -2.47. The van der Waals surface area contributed by atoms with Crippen molar-refractivity contribution in [2.45, 2.75) is 13.5 Å². The monoisotopic (exact) mass is 190 g/mol. The maximum atomic E-state index is 3.50. The summed E-state index contributed by atoms with van der Waals surface area (Å²) in [6, 6.07) is 8.56. The molecule has 1 fully saturated rings. The fraction of sp³-hybridized carbons (Fsp3) is 0.500. The molecule has 1 saturated heterocycles. The summed E-state index contributed by atoms with van der Waals surface area (Å²) in [5.41, 5.74) is 2.80. The molecule has 0 spiro atoms. The topological polar surface area (TPSA) is 24.1 Å². The maximum absolute atomic E-state index is 3.50. The van der Waals surface area contributed by atoms with Gasteiger partial charge in [0.2, 0.25) is 0 Å². The van der Waals surface area contributed by atoms with E-state index in [1.165, 1.54) is 24.2 Å². The van der Waals surface area contributed by atoms with Gasteiger partial charge in [-0.1, -0.05) is 24.3 Å². The minimum absolute atomic E-state index is 0.846. The van der Waals surface area contributed by atoms with E-state index in [-0.39, 0.29) is 0 Å². The molecule has 1 aromatic rings. The van der Waals surface area contributed by atoms with Gasteiger partial charge in [-0.2, -0.15) is 0 Å². The highest BCUT2D eigenvalue weighted by molar-refractivity contribution is 5.25. The molecule has 2 rings (SSSR count). The summed E-state index contributed by atoms with van der Waals surface area (Å²) in [6.07, 6.45) is 0. The Morgan fingerprint density at radius 3 is 2.79 bits per heavy atom. The number of hydrogen-bond acceptors (Lipinski definition) is 2. The minimum Gasteiger partial charge on any atom is -0.316 e. The predicted octanol–water partition coefficient (Wildman–Crippen LogP) is 1.30. The second-order valence-corrected chi connectivity index (χ2v) is 4.08. The molecule has 0 bridgehead atoms. The molecule has 0 unspecified atom stereocenters. The number of aryl methyl sites for hydroxylation is 1. The van der Waals surface area contributed by atoms with Crippen LogP contribution < -0.4 is 10.6 Å². The molecule has 0 amide bonds. The van der Waals surface area contributed by atoms with E-state index in [0.717, 1.165) is 19.0 Å². The Hall–Kier alpha value is -0.860. The molecule has 2 nitrogen and oxygen atoms in total. The fourth-order valence-corrected chi connectivity index (χ4v) is 1.71. The van der Waals surface area contributed by atoms with Crippen LogP contribution >= 0.6 is 0 Å². The van der Waals surface area contributed by atoms with E-state index < -0.39 is 0 Å². The molecule has 0 saturated carbocycles. The molecule has 1 aliphatic heterocycles. The van der Waals surface area contributed by atoms with Gasteiger partial charge in [-0.05, 0) is 24.0 Å². The van der Waals surface area contributed by atoms with Crippen LogP contribution in [0.3, 0.4) is 0 Å². The standard InChI is InChI=1S/C12H18N2/c1-10-4-2-3-5-12(10)9-14-8-11-6-13-7-11/h2-5,11,13-14H,6-9H2,1H3. The van der Waals surface area contributed by atoms with Crippen LogP contribution in [0.2, 0.25) is 0 Å². The zero-order chi connectivity index (χ0) is 9.80. The summed E-state index contributed by atoms with van der Waals surface area (Å²) in [6.45, 7) is 6.67. The lowest BCUT2D eigenvalue weighted by atomic mass is 10.0. The van der Waals surface area contributed by atoms with Crippen LogP contribution in [-0.2, 0) is 6.54 Å². The SMILES string of the molecule is Cc1ccccc1CNCC1CNC1. The van der Waals surface area contributed by atoms with Crippen molar-refractivity contribution in [1.29, 1.82) is 0 Å². The first-order chi connectivity index (χ1) is 6.86. The highest BCUT2D eigenvalue weighted by Crippen LogP contribution is 2.07. The number of benzene rings is 1. The van der Waals surface area contributed by atoms with Crippen molar-refractivity contribution in [2.75, 3.05) is 19.6 Å². The van der Waals surface area contributed by atoms with Gasteiger partial charge in [0.15, 0.2) is 0 Å². The molecule has 14 heavy (non-hydrogen) atoms. The van der Waals surface area contributed by atoms with Crippen LogP contribution in [0.4, 0.5) is 0 Å². The van der Waals surface area contributed by atoms with Crippen LogP contribution in [-0.4, -0.2) is 19.6 Å². The molecule has 1 aromatic carbocycles. The smallest absolute Gasteiger partial charge is 0.0208 e. The predicted molar refractivity (Wildman–Crippen MR) is 59.2 cm³/mol. The Labute approximate surface area is 85.7 Å². The third kappa shape index (κ3) is 2.34. The third-order valence-electron chi connectivity index (χ3n) is 2.88. The van der Waals surface area contributed by atoms with Crippen LogP contribution in [0, 0.1) is 12.8 Å². The molecule has 2 heteroatoms. The van der Waals surface area contributed by atoms with Gasteiger partial charge in [-0.25, -0.2) is 0 Å². The van der Waals surface area contributed by atoms with Gasteiger partial charge in [-0.15, -0.1) is 0 Å². The molecule has 0 radical (unpaired) electrons. The second kappa shape index (κ2) is 4.58. The van der Waals surface area contributed by atoms with Crippen molar-refractivity contribution in [3.05, 3.63) is 35.4 Å². The highest BCUT2D eigenvalue weighted by atomic mass is 15.0. The van der Waals surface area contributed by atoms with Gasteiger partial charge >= 0.3 is 0 Å². The van der Waals surface area contributed by atoms with E-state index in [4.69, 9.17) is 0 Å². The number of hydrogen-bond donors (Lipinski definition) is 2. The van der Waals surface area contributed by atoms with Gasteiger partial charge in [0.25, 0.3) is 0 Å². The molecule has 76 valence electrons.